The van der Waals surface area contributed by atoms with E-state index in [1.54, 1.807) is 0 Å². The maximum absolute atomic E-state index is 13.0. The van der Waals surface area contributed by atoms with Gasteiger partial charge >= 0.3 is 7.12 Å². The first-order chi connectivity index (χ1) is 6.07. The van der Waals surface area contributed by atoms with Crippen molar-refractivity contribution in [2.75, 3.05) is 0 Å². The van der Waals surface area contributed by atoms with Gasteiger partial charge in [-0.15, -0.1) is 0 Å². The largest absolute Gasteiger partial charge is 0.491 e. The lowest BCUT2D eigenvalue weighted by Gasteiger charge is -2.02. The fourth-order valence-corrected chi connectivity index (χ4v) is 0.871. The SMILES string of the molecule is N#Cc1c(F)ccc(B(O)O)c1F. The van der Waals surface area contributed by atoms with Crippen molar-refractivity contribution < 1.29 is 18.8 Å². The Hall–Kier alpha value is -1.45. The molecule has 0 aromatic heterocycles. The van der Waals surface area contributed by atoms with Gasteiger partial charge in [0.15, 0.2) is 0 Å². The van der Waals surface area contributed by atoms with Crippen LogP contribution in [0.5, 0.6) is 0 Å². The molecule has 0 aliphatic rings. The normalized spacial score (nSPS) is 9.46. The van der Waals surface area contributed by atoms with E-state index in [1.165, 1.54) is 6.07 Å². The van der Waals surface area contributed by atoms with E-state index in [2.05, 4.69) is 0 Å². The molecule has 1 aromatic rings. The van der Waals surface area contributed by atoms with E-state index in [-0.39, 0.29) is 0 Å². The van der Waals surface area contributed by atoms with Gasteiger partial charge in [-0.05, 0) is 6.07 Å². The van der Waals surface area contributed by atoms with Gasteiger partial charge in [0, 0.05) is 5.46 Å². The number of nitrogens with zero attached hydrogens (tertiary/aromatic N) is 1. The summed E-state index contributed by atoms with van der Waals surface area (Å²) in [5.74, 6) is -2.26. The van der Waals surface area contributed by atoms with Gasteiger partial charge in [-0.2, -0.15) is 5.26 Å². The van der Waals surface area contributed by atoms with Gasteiger partial charge in [0.05, 0.1) is 0 Å². The summed E-state index contributed by atoms with van der Waals surface area (Å²) in [4.78, 5) is 0. The highest BCUT2D eigenvalue weighted by Gasteiger charge is 2.21. The van der Waals surface area contributed by atoms with Crippen molar-refractivity contribution in [1.82, 2.24) is 0 Å². The Morgan fingerprint density at radius 1 is 1.31 bits per heavy atom. The van der Waals surface area contributed by atoms with Crippen LogP contribution < -0.4 is 5.46 Å². The molecule has 0 spiro atoms. The molecular weight excluding hydrogens is 179 g/mol. The van der Waals surface area contributed by atoms with Gasteiger partial charge in [0.25, 0.3) is 0 Å². The second kappa shape index (κ2) is 3.52. The first-order valence-electron chi connectivity index (χ1n) is 3.32. The molecule has 0 unspecified atom stereocenters. The number of hydrogen-bond acceptors (Lipinski definition) is 3. The Kier molecular flexibility index (Phi) is 2.61. The number of benzene rings is 1. The van der Waals surface area contributed by atoms with Crippen molar-refractivity contribution >= 4 is 12.6 Å². The Balaban J connectivity index is 3.38. The monoisotopic (exact) mass is 183 g/mol. The molecule has 66 valence electrons. The Morgan fingerprint density at radius 3 is 2.38 bits per heavy atom. The number of rotatable bonds is 1. The molecular formula is C7H4BF2NO2. The third-order valence-corrected chi connectivity index (χ3v) is 1.51. The molecule has 13 heavy (non-hydrogen) atoms. The van der Waals surface area contributed by atoms with Crippen molar-refractivity contribution in [3.8, 4) is 6.07 Å². The fraction of sp³-hybridized carbons (Fsp3) is 0. The summed E-state index contributed by atoms with van der Waals surface area (Å²) in [5, 5.41) is 25.5. The molecule has 1 rings (SSSR count). The van der Waals surface area contributed by atoms with Crippen LogP contribution >= 0.6 is 0 Å². The molecule has 2 N–H and O–H groups in total. The van der Waals surface area contributed by atoms with E-state index in [9.17, 15) is 8.78 Å². The zero-order valence-electron chi connectivity index (χ0n) is 6.33. The number of hydrogen-bond donors (Lipinski definition) is 2. The minimum atomic E-state index is -2.05. The molecule has 0 atom stereocenters. The third kappa shape index (κ3) is 1.66. The molecule has 0 aliphatic carbocycles. The van der Waals surface area contributed by atoms with Gasteiger partial charge in [0.2, 0.25) is 0 Å². The summed E-state index contributed by atoms with van der Waals surface area (Å²) in [6.07, 6.45) is 0. The Bertz CT molecular complexity index is 375. The molecule has 0 radical (unpaired) electrons. The number of nitriles is 1. The van der Waals surface area contributed by atoms with E-state index in [1.807, 2.05) is 0 Å². The smallest absolute Gasteiger partial charge is 0.423 e. The van der Waals surface area contributed by atoms with Crippen LogP contribution in [0.3, 0.4) is 0 Å². The lowest BCUT2D eigenvalue weighted by Crippen LogP contribution is -2.33. The molecule has 0 bridgehead atoms. The van der Waals surface area contributed by atoms with E-state index in [0.29, 0.717) is 0 Å². The van der Waals surface area contributed by atoms with Crippen molar-refractivity contribution in [2.24, 2.45) is 0 Å². The second-order valence-electron chi connectivity index (χ2n) is 2.31. The highest BCUT2D eigenvalue weighted by atomic mass is 19.1. The van der Waals surface area contributed by atoms with Gasteiger partial charge < -0.3 is 10.0 Å². The number of halogens is 2. The van der Waals surface area contributed by atoms with Crippen LogP contribution in [-0.4, -0.2) is 17.2 Å². The van der Waals surface area contributed by atoms with Gasteiger partial charge in [0.1, 0.15) is 23.3 Å². The average Bonchev–Trinajstić information content (AvgIpc) is 2.04. The quantitative estimate of drug-likeness (QED) is 0.577. The van der Waals surface area contributed by atoms with Crippen LogP contribution in [0.25, 0.3) is 0 Å². The van der Waals surface area contributed by atoms with Gasteiger partial charge in [-0.25, -0.2) is 8.78 Å². The third-order valence-electron chi connectivity index (χ3n) is 1.51. The van der Waals surface area contributed by atoms with Crippen LogP contribution in [0.1, 0.15) is 5.56 Å². The molecule has 0 saturated heterocycles. The molecule has 0 amide bonds. The minimum Gasteiger partial charge on any atom is -0.423 e. The van der Waals surface area contributed by atoms with E-state index in [0.717, 1.165) is 12.1 Å². The predicted molar refractivity (Wildman–Crippen MR) is 40.9 cm³/mol. The summed E-state index contributed by atoms with van der Waals surface area (Å²) in [6, 6.07) is 2.96. The standard InChI is InChI=1S/C7H4BF2NO2/c9-6-2-1-5(8(12)13)7(10)4(6)3-11/h1-2,12-13H. The zero-order valence-corrected chi connectivity index (χ0v) is 6.33. The van der Waals surface area contributed by atoms with Crippen molar-refractivity contribution in [3.63, 3.8) is 0 Å². The first kappa shape index (κ1) is 9.64. The van der Waals surface area contributed by atoms with E-state index in [4.69, 9.17) is 15.3 Å². The molecule has 3 nitrogen and oxygen atoms in total. The van der Waals surface area contributed by atoms with Crippen LogP contribution in [0, 0.1) is 23.0 Å². The summed E-state index contributed by atoms with van der Waals surface area (Å²) in [7, 11) is -2.05. The predicted octanol–water partition coefficient (Wildman–Crippen LogP) is -0.484. The molecule has 6 heteroatoms. The van der Waals surface area contributed by atoms with Crippen LogP contribution in [0.4, 0.5) is 8.78 Å². The Labute approximate surface area is 73.0 Å². The summed E-state index contributed by atoms with van der Waals surface area (Å²) in [6.45, 7) is 0. The lowest BCUT2D eigenvalue weighted by atomic mass is 9.79. The van der Waals surface area contributed by atoms with E-state index >= 15 is 0 Å². The van der Waals surface area contributed by atoms with Crippen LogP contribution in [0.15, 0.2) is 12.1 Å². The van der Waals surface area contributed by atoms with Crippen molar-refractivity contribution in [2.45, 2.75) is 0 Å². The highest BCUT2D eigenvalue weighted by Crippen LogP contribution is 2.08. The molecule has 0 heterocycles. The summed E-state index contributed by atoms with van der Waals surface area (Å²) in [5.41, 5.74) is -1.33. The molecule has 1 aromatic carbocycles. The molecule has 0 aliphatic heterocycles. The maximum Gasteiger partial charge on any atom is 0.491 e. The second-order valence-corrected chi connectivity index (χ2v) is 2.31. The molecule has 0 saturated carbocycles. The maximum atomic E-state index is 13.0. The average molecular weight is 183 g/mol. The van der Waals surface area contributed by atoms with Crippen LogP contribution in [0.2, 0.25) is 0 Å². The van der Waals surface area contributed by atoms with Gasteiger partial charge in [-0.3, -0.25) is 0 Å². The summed E-state index contributed by atoms with van der Waals surface area (Å²) >= 11 is 0. The summed E-state index contributed by atoms with van der Waals surface area (Å²) < 4.78 is 25.7. The Morgan fingerprint density at radius 2 is 1.92 bits per heavy atom. The van der Waals surface area contributed by atoms with Crippen molar-refractivity contribution in [1.29, 1.82) is 5.26 Å². The fourth-order valence-electron chi connectivity index (χ4n) is 0.871. The topological polar surface area (TPSA) is 64.2 Å². The van der Waals surface area contributed by atoms with Crippen LogP contribution in [-0.2, 0) is 0 Å². The zero-order chi connectivity index (χ0) is 10.0. The first-order valence-corrected chi connectivity index (χ1v) is 3.32. The lowest BCUT2D eigenvalue weighted by molar-refractivity contribution is 0.422. The van der Waals surface area contributed by atoms with E-state index < -0.39 is 29.8 Å². The van der Waals surface area contributed by atoms with Gasteiger partial charge in [-0.1, -0.05) is 6.07 Å². The molecule has 0 fully saturated rings. The van der Waals surface area contributed by atoms with Crippen molar-refractivity contribution in [3.05, 3.63) is 29.3 Å². The minimum absolute atomic E-state index is 0.516. The highest BCUT2D eigenvalue weighted by molar-refractivity contribution is 6.58.